The number of ether oxygens (including phenoxy) is 2. The molecule has 2 heterocycles. The first-order valence-corrected chi connectivity index (χ1v) is 11.7. The van der Waals surface area contributed by atoms with Gasteiger partial charge in [0.1, 0.15) is 11.5 Å². The maximum Gasteiger partial charge on any atom is 0.264 e. The number of para-hydroxylation sites is 1. The second-order valence-electron chi connectivity index (χ2n) is 7.90. The van der Waals surface area contributed by atoms with E-state index in [1.165, 1.54) is 11.3 Å². The molecule has 0 saturated carbocycles. The van der Waals surface area contributed by atoms with Crippen LogP contribution in [0.15, 0.2) is 72.1 Å². The summed E-state index contributed by atoms with van der Waals surface area (Å²) in [4.78, 5) is 15.8. The molecule has 0 radical (unpaired) electrons. The summed E-state index contributed by atoms with van der Waals surface area (Å²) in [6.07, 6.45) is 0. The van der Waals surface area contributed by atoms with Crippen LogP contribution in [0.25, 0.3) is 5.69 Å². The molecule has 0 atom stereocenters. The fourth-order valence-corrected chi connectivity index (χ4v) is 4.20. The van der Waals surface area contributed by atoms with Gasteiger partial charge in [0.15, 0.2) is 0 Å². The average molecular weight is 462 g/mol. The molecule has 4 aromatic rings. The Morgan fingerprint density at radius 3 is 2.33 bits per heavy atom. The molecule has 33 heavy (non-hydrogen) atoms. The molecular weight excluding hydrogens is 434 g/mol. The fraction of sp³-hybridized carbons (Fsp3) is 0.231. The minimum atomic E-state index is 0.00209. The number of aryl methyl sites for hydroxylation is 1. The third-order valence-electron chi connectivity index (χ3n) is 5.36. The summed E-state index contributed by atoms with van der Waals surface area (Å²) in [7, 11) is 1.63. The number of benzene rings is 2. The van der Waals surface area contributed by atoms with Gasteiger partial charge in [0, 0.05) is 6.04 Å². The van der Waals surface area contributed by atoms with Crippen LogP contribution < -0.4 is 9.47 Å². The van der Waals surface area contributed by atoms with Crippen molar-refractivity contribution in [2.24, 2.45) is 0 Å². The van der Waals surface area contributed by atoms with Crippen molar-refractivity contribution in [3.8, 4) is 23.1 Å². The molecule has 0 N–H and O–H groups in total. The molecule has 0 bridgehead atoms. The maximum absolute atomic E-state index is 13.2. The van der Waals surface area contributed by atoms with Crippen LogP contribution in [0.2, 0.25) is 0 Å². The highest BCUT2D eigenvalue weighted by atomic mass is 32.1. The normalized spacial score (nSPS) is 10.9. The van der Waals surface area contributed by atoms with Gasteiger partial charge in [-0.3, -0.25) is 4.79 Å². The van der Waals surface area contributed by atoms with Gasteiger partial charge < -0.3 is 14.4 Å². The van der Waals surface area contributed by atoms with Crippen LogP contribution in [0, 0.1) is 6.92 Å². The Hall–Kier alpha value is -3.58. The van der Waals surface area contributed by atoms with E-state index in [0.29, 0.717) is 18.2 Å². The molecule has 7 heteroatoms. The Kier molecular flexibility index (Phi) is 6.79. The second kappa shape index (κ2) is 9.92. The lowest BCUT2D eigenvalue weighted by Crippen LogP contribution is -2.36. The molecule has 0 aliphatic rings. The van der Waals surface area contributed by atoms with Crippen LogP contribution in [0.1, 0.15) is 34.8 Å². The Morgan fingerprint density at radius 2 is 1.73 bits per heavy atom. The number of aromatic nitrogens is 2. The summed E-state index contributed by atoms with van der Waals surface area (Å²) in [6, 6.07) is 21.0. The van der Waals surface area contributed by atoms with Crippen molar-refractivity contribution < 1.29 is 14.3 Å². The molecule has 0 aliphatic carbocycles. The Balaban J connectivity index is 1.76. The SMILES string of the molecule is COc1ccc(Oc2c(CN(C(=O)c3cccs3)C(C)C)c(C)nn2-c2ccccc2)cc1. The first-order valence-electron chi connectivity index (χ1n) is 10.8. The van der Waals surface area contributed by atoms with Crippen LogP contribution in [0.4, 0.5) is 0 Å². The minimum absolute atomic E-state index is 0.00209. The van der Waals surface area contributed by atoms with E-state index in [-0.39, 0.29) is 11.9 Å². The average Bonchev–Trinajstić information content (AvgIpc) is 3.47. The summed E-state index contributed by atoms with van der Waals surface area (Å²) in [5.41, 5.74) is 2.57. The Morgan fingerprint density at radius 1 is 1.03 bits per heavy atom. The van der Waals surface area contributed by atoms with Crippen molar-refractivity contribution in [1.29, 1.82) is 0 Å². The van der Waals surface area contributed by atoms with Crippen molar-refractivity contribution in [3.05, 3.63) is 88.2 Å². The maximum atomic E-state index is 13.2. The van der Waals surface area contributed by atoms with Crippen LogP contribution in [0.3, 0.4) is 0 Å². The number of rotatable bonds is 8. The van der Waals surface area contributed by atoms with Crippen molar-refractivity contribution in [2.75, 3.05) is 7.11 Å². The number of methoxy groups -OCH3 is 1. The highest BCUT2D eigenvalue weighted by molar-refractivity contribution is 7.12. The van der Waals surface area contributed by atoms with Crippen LogP contribution >= 0.6 is 11.3 Å². The molecule has 0 unspecified atom stereocenters. The van der Waals surface area contributed by atoms with Gasteiger partial charge in [-0.05, 0) is 68.6 Å². The standard InChI is InChI=1S/C26H27N3O3S/c1-18(2)28(25(30)24-11-8-16-33-24)17-23-19(3)27-29(20-9-6-5-7-10-20)26(23)32-22-14-12-21(31-4)13-15-22/h5-16,18H,17H2,1-4H3. The van der Waals surface area contributed by atoms with Crippen molar-refractivity contribution >= 4 is 17.2 Å². The van der Waals surface area contributed by atoms with E-state index < -0.39 is 0 Å². The quantitative estimate of drug-likeness (QED) is 0.318. The first-order chi connectivity index (χ1) is 16.0. The molecule has 0 fully saturated rings. The molecule has 4 rings (SSSR count). The second-order valence-corrected chi connectivity index (χ2v) is 8.85. The van der Waals surface area contributed by atoms with Gasteiger partial charge >= 0.3 is 0 Å². The number of hydrogen-bond acceptors (Lipinski definition) is 5. The van der Waals surface area contributed by atoms with Gasteiger partial charge in [0.05, 0.1) is 35.5 Å². The number of amides is 1. The highest BCUT2D eigenvalue weighted by Gasteiger charge is 2.26. The van der Waals surface area contributed by atoms with Gasteiger partial charge in [0.2, 0.25) is 5.88 Å². The molecule has 1 amide bonds. The van der Waals surface area contributed by atoms with Crippen LogP contribution in [-0.4, -0.2) is 33.7 Å². The number of hydrogen-bond donors (Lipinski definition) is 0. The largest absolute Gasteiger partial charge is 0.497 e. The predicted octanol–water partition coefficient (Wildman–Crippen LogP) is 6.09. The van der Waals surface area contributed by atoms with Gasteiger partial charge in [-0.25, -0.2) is 4.68 Å². The summed E-state index contributed by atoms with van der Waals surface area (Å²) in [6.45, 7) is 6.38. The van der Waals surface area contributed by atoms with Crippen LogP contribution in [-0.2, 0) is 6.54 Å². The predicted molar refractivity (Wildman–Crippen MR) is 131 cm³/mol. The van der Waals surface area contributed by atoms with Gasteiger partial charge in [-0.15, -0.1) is 11.3 Å². The third kappa shape index (κ3) is 4.93. The number of carbonyl (C=O) groups is 1. The van der Waals surface area contributed by atoms with E-state index in [0.717, 1.165) is 27.6 Å². The highest BCUT2D eigenvalue weighted by Crippen LogP contribution is 2.33. The Bertz CT molecular complexity index is 1200. The number of thiophene rings is 1. The van der Waals surface area contributed by atoms with E-state index in [2.05, 4.69) is 0 Å². The summed E-state index contributed by atoms with van der Waals surface area (Å²) in [5, 5.41) is 6.70. The first kappa shape index (κ1) is 22.6. The fourth-order valence-electron chi connectivity index (χ4n) is 3.53. The van der Waals surface area contributed by atoms with E-state index in [1.807, 2.05) is 97.8 Å². The van der Waals surface area contributed by atoms with E-state index >= 15 is 0 Å². The molecule has 170 valence electrons. The lowest BCUT2D eigenvalue weighted by molar-refractivity contribution is 0.0694. The molecule has 2 aromatic heterocycles. The van der Waals surface area contributed by atoms with E-state index in [1.54, 1.807) is 11.8 Å². The van der Waals surface area contributed by atoms with Gasteiger partial charge in [-0.2, -0.15) is 5.10 Å². The molecule has 6 nitrogen and oxygen atoms in total. The molecule has 0 spiro atoms. The van der Waals surface area contributed by atoms with Crippen molar-refractivity contribution in [1.82, 2.24) is 14.7 Å². The van der Waals surface area contributed by atoms with E-state index in [4.69, 9.17) is 14.6 Å². The van der Waals surface area contributed by atoms with Crippen molar-refractivity contribution in [2.45, 2.75) is 33.4 Å². The monoisotopic (exact) mass is 461 g/mol. The van der Waals surface area contributed by atoms with Gasteiger partial charge in [0.25, 0.3) is 5.91 Å². The minimum Gasteiger partial charge on any atom is -0.497 e. The smallest absolute Gasteiger partial charge is 0.264 e. The summed E-state index contributed by atoms with van der Waals surface area (Å²) in [5.74, 6) is 2.01. The van der Waals surface area contributed by atoms with E-state index in [9.17, 15) is 4.79 Å². The molecule has 0 aliphatic heterocycles. The topological polar surface area (TPSA) is 56.6 Å². The summed E-state index contributed by atoms with van der Waals surface area (Å²) < 4.78 is 13.4. The number of carbonyl (C=O) groups excluding carboxylic acids is 1. The lowest BCUT2D eigenvalue weighted by atomic mass is 10.2. The zero-order valence-corrected chi connectivity index (χ0v) is 20.0. The van der Waals surface area contributed by atoms with Gasteiger partial charge in [-0.1, -0.05) is 24.3 Å². The van der Waals surface area contributed by atoms with Crippen molar-refractivity contribution in [3.63, 3.8) is 0 Å². The zero-order valence-electron chi connectivity index (χ0n) is 19.2. The number of nitrogens with zero attached hydrogens (tertiary/aromatic N) is 3. The van der Waals surface area contributed by atoms with Crippen LogP contribution in [0.5, 0.6) is 17.4 Å². The molecule has 2 aromatic carbocycles. The molecular formula is C26H27N3O3S. The Labute approximate surface area is 198 Å². The third-order valence-corrected chi connectivity index (χ3v) is 6.21. The summed E-state index contributed by atoms with van der Waals surface area (Å²) >= 11 is 1.45. The zero-order chi connectivity index (χ0) is 23.4. The molecule has 0 saturated heterocycles. The lowest BCUT2D eigenvalue weighted by Gasteiger charge is -2.26.